The molecular formula is C21H25NO3S. The lowest BCUT2D eigenvalue weighted by atomic mass is 9.97. The smallest absolute Gasteiger partial charge is 0.338 e. The molecule has 4 nitrogen and oxygen atoms in total. The third kappa shape index (κ3) is 5.11. The maximum atomic E-state index is 12.5. The van der Waals surface area contributed by atoms with Crippen LogP contribution in [0.1, 0.15) is 49.0 Å². The number of carbonyl (C=O) groups excluding carboxylic acids is 2. The summed E-state index contributed by atoms with van der Waals surface area (Å²) >= 11 is 1.60. The molecule has 0 aliphatic heterocycles. The summed E-state index contributed by atoms with van der Waals surface area (Å²) in [5.41, 5.74) is 2.27. The van der Waals surface area contributed by atoms with Gasteiger partial charge in [-0.3, -0.25) is 4.79 Å². The Morgan fingerprint density at radius 3 is 2.35 bits per heavy atom. The zero-order valence-corrected chi connectivity index (χ0v) is 16.4. The molecule has 26 heavy (non-hydrogen) atoms. The van der Waals surface area contributed by atoms with Crippen LogP contribution in [0.25, 0.3) is 0 Å². The number of ether oxygens (including phenoxy) is 1. The van der Waals surface area contributed by atoms with Gasteiger partial charge in [-0.15, -0.1) is 11.8 Å². The van der Waals surface area contributed by atoms with Crippen LogP contribution in [0.2, 0.25) is 0 Å². The van der Waals surface area contributed by atoms with E-state index in [1.807, 2.05) is 42.7 Å². The normalized spacial score (nSPS) is 12.9. The van der Waals surface area contributed by atoms with E-state index in [9.17, 15) is 9.59 Å². The lowest BCUT2D eigenvalue weighted by molar-refractivity contribution is -0.123. The molecule has 2 atom stereocenters. The predicted octanol–water partition coefficient (Wildman–Crippen LogP) is 5.11. The quantitative estimate of drug-likeness (QED) is 0.543. The highest BCUT2D eigenvalue weighted by molar-refractivity contribution is 7.98. The van der Waals surface area contributed by atoms with Crippen LogP contribution in [0, 0.1) is 0 Å². The second-order valence-electron chi connectivity index (χ2n) is 6.16. The van der Waals surface area contributed by atoms with Crippen LogP contribution in [0.15, 0.2) is 53.4 Å². The molecule has 0 fully saturated rings. The van der Waals surface area contributed by atoms with Gasteiger partial charge in [0.25, 0.3) is 5.91 Å². The molecule has 0 spiro atoms. The Morgan fingerprint density at radius 1 is 1.08 bits per heavy atom. The lowest BCUT2D eigenvalue weighted by Crippen LogP contribution is -2.30. The van der Waals surface area contributed by atoms with Gasteiger partial charge in [-0.05, 0) is 61.4 Å². The monoisotopic (exact) mass is 371 g/mol. The molecule has 0 aliphatic rings. The summed E-state index contributed by atoms with van der Waals surface area (Å²) in [7, 11) is 0. The van der Waals surface area contributed by atoms with E-state index in [1.54, 1.807) is 30.8 Å². The van der Waals surface area contributed by atoms with Crippen molar-refractivity contribution in [1.29, 1.82) is 0 Å². The third-order valence-corrected chi connectivity index (χ3v) is 5.08. The van der Waals surface area contributed by atoms with Gasteiger partial charge in [0.2, 0.25) is 0 Å². The van der Waals surface area contributed by atoms with E-state index in [0.717, 1.165) is 22.6 Å². The molecule has 2 aromatic carbocycles. The molecule has 2 aromatic rings. The van der Waals surface area contributed by atoms with E-state index < -0.39 is 12.1 Å². The molecule has 0 saturated carbocycles. The highest BCUT2D eigenvalue weighted by Crippen LogP contribution is 2.26. The number of nitrogens with one attached hydrogen (secondary N) is 1. The highest BCUT2D eigenvalue weighted by Gasteiger charge is 2.20. The van der Waals surface area contributed by atoms with Gasteiger partial charge in [0.1, 0.15) is 0 Å². The van der Waals surface area contributed by atoms with E-state index in [-0.39, 0.29) is 5.91 Å². The molecule has 0 heterocycles. The van der Waals surface area contributed by atoms with Crippen LogP contribution in [-0.2, 0) is 9.53 Å². The summed E-state index contributed by atoms with van der Waals surface area (Å²) < 4.78 is 5.31. The first-order valence-electron chi connectivity index (χ1n) is 8.71. The van der Waals surface area contributed by atoms with Crippen molar-refractivity contribution in [3.63, 3.8) is 0 Å². The number of hydrogen-bond donors (Lipinski definition) is 1. The number of anilines is 1. The molecule has 0 aromatic heterocycles. The van der Waals surface area contributed by atoms with Gasteiger partial charge in [-0.2, -0.15) is 0 Å². The molecular weight excluding hydrogens is 346 g/mol. The first kappa shape index (κ1) is 20.0. The molecule has 0 saturated heterocycles. The Bertz CT molecular complexity index is 758. The van der Waals surface area contributed by atoms with Crippen molar-refractivity contribution >= 4 is 29.3 Å². The van der Waals surface area contributed by atoms with E-state index >= 15 is 0 Å². The number of para-hydroxylation sites is 1. The Labute approximate surface area is 159 Å². The van der Waals surface area contributed by atoms with E-state index in [2.05, 4.69) is 19.2 Å². The minimum atomic E-state index is -0.882. The van der Waals surface area contributed by atoms with Gasteiger partial charge < -0.3 is 10.1 Å². The number of hydrogen-bond acceptors (Lipinski definition) is 4. The average Bonchev–Trinajstić information content (AvgIpc) is 2.67. The number of esters is 1. The Morgan fingerprint density at radius 2 is 1.73 bits per heavy atom. The number of benzene rings is 2. The molecule has 138 valence electrons. The molecule has 0 aliphatic carbocycles. The summed E-state index contributed by atoms with van der Waals surface area (Å²) in [4.78, 5) is 25.7. The van der Waals surface area contributed by atoms with Gasteiger partial charge in [-0.25, -0.2) is 4.79 Å². The van der Waals surface area contributed by atoms with Crippen molar-refractivity contribution in [2.45, 2.75) is 44.1 Å². The standard InChI is InChI=1S/C21H25NO3S/c1-5-14(2)18-8-6-7-9-19(18)22-20(23)15(3)25-21(24)16-10-12-17(26-4)13-11-16/h6-15H,5H2,1-4H3,(H,22,23)/t14-,15-/m1/s1. The maximum Gasteiger partial charge on any atom is 0.338 e. The second-order valence-corrected chi connectivity index (χ2v) is 7.04. The fourth-order valence-corrected chi connectivity index (χ4v) is 2.91. The molecule has 0 bridgehead atoms. The first-order valence-corrected chi connectivity index (χ1v) is 9.93. The van der Waals surface area contributed by atoms with Crippen LogP contribution in [0.5, 0.6) is 0 Å². The Balaban J connectivity index is 2.02. The lowest BCUT2D eigenvalue weighted by Gasteiger charge is -2.18. The van der Waals surface area contributed by atoms with Crippen molar-refractivity contribution < 1.29 is 14.3 Å². The van der Waals surface area contributed by atoms with E-state index in [1.165, 1.54) is 0 Å². The van der Waals surface area contributed by atoms with Crippen molar-refractivity contribution in [3.05, 3.63) is 59.7 Å². The van der Waals surface area contributed by atoms with Gasteiger partial charge in [0, 0.05) is 10.6 Å². The fourth-order valence-electron chi connectivity index (χ4n) is 2.50. The molecule has 5 heteroatoms. The summed E-state index contributed by atoms with van der Waals surface area (Å²) in [6.07, 6.45) is 2.06. The molecule has 0 radical (unpaired) electrons. The summed E-state index contributed by atoms with van der Waals surface area (Å²) in [5, 5.41) is 2.88. The molecule has 2 rings (SSSR count). The predicted molar refractivity (Wildman–Crippen MR) is 107 cm³/mol. The van der Waals surface area contributed by atoms with Crippen LogP contribution in [0.3, 0.4) is 0 Å². The van der Waals surface area contributed by atoms with Crippen LogP contribution in [-0.4, -0.2) is 24.2 Å². The zero-order valence-electron chi connectivity index (χ0n) is 15.6. The fraction of sp³-hybridized carbons (Fsp3) is 0.333. The summed E-state index contributed by atoms with van der Waals surface area (Å²) in [6, 6.07) is 14.8. The van der Waals surface area contributed by atoms with Gasteiger partial charge in [-0.1, -0.05) is 32.0 Å². The topological polar surface area (TPSA) is 55.4 Å². The average molecular weight is 372 g/mol. The summed E-state index contributed by atoms with van der Waals surface area (Å²) in [5.74, 6) is -0.510. The highest BCUT2D eigenvalue weighted by atomic mass is 32.2. The van der Waals surface area contributed by atoms with Crippen molar-refractivity contribution in [3.8, 4) is 0 Å². The number of thioether (sulfide) groups is 1. The van der Waals surface area contributed by atoms with Gasteiger partial charge in [0.15, 0.2) is 6.10 Å². The minimum absolute atomic E-state index is 0.333. The van der Waals surface area contributed by atoms with E-state index in [0.29, 0.717) is 11.5 Å². The van der Waals surface area contributed by atoms with E-state index in [4.69, 9.17) is 4.74 Å². The SMILES string of the molecule is CC[C@@H](C)c1ccccc1NC(=O)[C@@H](C)OC(=O)c1ccc(SC)cc1. The van der Waals surface area contributed by atoms with Crippen molar-refractivity contribution in [1.82, 2.24) is 0 Å². The van der Waals surface area contributed by atoms with Gasteiger partial charge in [0.05, 0.1) is 5.56 Å². The zero-order chi connectivity index (χ0) is 19.1. The minimum Gasteiger partial charge on any atom is -0.449 e. The Hall–Kier alpha value is -2.27. The maximum absolute atomic E-state index is 12.5. The van der Waals surface area contributed by atoms with Crippen LogP contribution >= 0.6 is 11.8 Å². The van der Waals surface area contributed by atoms with Crippen molar-refractivity contribution in [2.75, 3.05) is 11.6 Å². The van der Waals surface area contributed by atoms with Crippen LogP contribution < -0.4 is 5.32 Å². The molecule has 1 amide bonds. The Kier molecular flexibility index (Phi) is 7.27. The first-order chi connectivity index (χ1) is 12.5. The molecule has 1 N–H and O–H groups in total. The second kappa shape index (κ2) is 9.43. The number of rotatable bonds is 7. The van der Waals surface area contributed by atoms with Crippen LogP contribution in [0.4, 0.5) is 5.69 Å². The number of carbonyl (C=O) groups is 2. The number of amides is 1. The largest absolute Gasteiger partial charge is 0.449 e. The van der Waals surface area contributed by atoms with Gasteiger partial charge >= 0.3 is 5.97 Å². The molecule has 0 unspecified atom stereocenters. The van der Waals surface area contributed by atoms with Crippen molar-refractivity contribution in [2.24, 2.45) is 0 Å². The third-order valence-electron chi connectivity index (χ3n) is 4.34. The summed E-state index contributed by atoms with van der Waals surface area (Å²) in [6.45, 7) is 5.80.